The number of carbonyl (C=O) groups is 1. The van der Waals surface area contributed by atoms with Gasteiger partial charge in [0, 0.05) is 32.7 Å². The van der Waals surface area contributed by atoms with Gasteiger partial charge in [0.25, 0.3) is 0 Å². The average Bonchev–Trinajstić information content (AvgIpc) is 3.01. The molecule has 0 bridgehead atoms. The minimum atomic E-state index is -3.56. The van der Waals surface area contributed by atoms with Crippen LogP contribution in [-0.2, 0) is 14.8 Å². The number of nitrogens with zero attached hydrogens (tertiary/aromatic N) is 2. The molecule has 1 aliphatic heterocycles. The summed E-state index contributed by atoms with van der Waals surface area (Å²) < 4.78 is 27.0. The monoisotopic (exact) mass is 325 g/mol. The van der Waals surface area contributed by atoms with Gasteiger partial charge in [0.05, 0.1) is 0 Å². The predicted octanol–water partition coefficient (Wildman–Crippen LogP) is 0.0410. The standard InChI is InChI=1S/C12H23N3O3S.ClH/c1-9(12(16)14(2)3)19(17,18)15(10-4-5-10)11-6-7-13-8-11;/h9-11,13H,4-8H2,1-3H3;1H. The normalized spacial score (nSPS) is 24.3. The van der Waals surface area contributed by atoms with Crippen LogP contribution in [0.25, 0.3) is 0 Å². The van der Waals surface area contributed by atoms with E-state index in [-0.39, 0.29) is 30.4 Å². The highest BCUT2D eigenvalue weighted by molar-refractivity contribution is 7.90. The Labute approximate surface area is 127 Å². The summed E-state index contributed by atoms with van der Waals surface area (Å²) in [5.41, 5.74) is 0. The Hall–Kier alpha value is -0.370. The van der Waals surface area contributed by atoms with Gasteiger partial charge in [-0.15, -0.1) is 12.4 Å². The Balaban J connectivity index is 0.00000200. The smallest absolute Gasteiger partial charge is 0.241 e. The van der Waals surface area contributed by atoms with Crippen LogP contribution < -0.4 is 5.32 Å². The molecule has 2 aliphatic rings. The fourth-order valence-corrected chi connectivity index (χ4v) is 4.63. The van der Waals surface area contributed by atoms with Crippen LogP contribution in [0.2, 0.25) is 0 Å². The third-order valence-corrected chi connectivity index (χ3v) is 6.11. The minimum Gasteiger partial charge on any atom is -0.348 e. The fraction of sp³-hybridized carbons (Fsp3) is 0.917. The van der Waals surface area contributed by atoms with Crippen molar-refractivity contribution in [3.63, 3.8) is 0 Å². The lowest BCUT2D eigenvalue weighted by molar-refractivity contribution is -0.128. The molecule has 118 valence electrons. The van der Waals surface area contributed by atoms with E-state index in [0.717, 1.165) is 25.8 Å². The molecule has 0 aromatic carbocycles. The SMILES string of the molecule is CC(C(=O)N(C)C)S(=O)(=O)N(C1CC1)C1CCNC1.Cl. The predicted molar refractivity (Wildman–Crippen MR) is 80.5 cm³/mol. The summed E-state index contributed by atoms with van der Waals surface area (Å²) in [6.45, 7) is 3.04. The van der Waals surface area contributed by atoms with E-state index >= 15 is 0 Å². The number of amides is 1. The van der Waals surface area contributed by atoms with E-state index in [2.05, 4.69) is 5.32 Å². The maximum atomic E-state index is 12.7. The van der Waals surface area contributed by atoms with Gasteiger partial charge in [-0.2, -0.15) is 4.31 Å². The van der Waals surface area contributed by atoms with Gasteiger partial charge >= 0.3 is 0 Å². The topological polar surface area (TPSA) is 69.7 Å². The summed E-state index contributed by atoms with van der Waals surface area (Å²) in [4.78, 5) is 13.3. The van der Waals surface area contributed by atoms with Crippen LogP contribution in [0.3, 0.4) is 0 Å². The zero-order chi connectivity index (χ0) is 14.2. The summed E-state index contributed by atoms with van der Waals surface area (Å²) in [6.07, 6.45) is 2.66. The number of rotatable bonds is 5. The third-order valence-electron chi connectivity index (χ3n) is 3.83. The molecule has 0 aromatic heterocycles. The van der Waals surface area contributed by atoms with Crippen LogP contribution in [0, 0.1) is 0 Å². The number of hydrogen-bond donors (Lipinski definition) is 1. The minimum absolute atomic E-state index is 0. The Morgan fingerprint density at radius 2 is 1.80 bits per heavy atom. The van der Waals surface area contributed by atoms with Gasteiger partial charge in [0.15, 0.2) is 5.25 Å². The summed E-state index contributed by atoms with van der Waals surface area (Å²) in [5.74, 6) is -0.350. The molecule has 2 unspecified atom stereocenters. The molecule has 1 amide bonds. The number of carbonyl (C=O) groups excluding carboxylic acids is 1. The van der Waals surface area contributed by atoms with E-state index < -0.39 is 15.3 Å². The van der Waals surface area contributed by atoms with Gasteiger partial charge in [-0.3, -0.25) is 4.79 Å². The molecule has 8 heteroatoms. The molecule has 1 heterocycles. The highest BCUT2D eigenvalue weighted by atomic mass is 35.5. The zero-order valence-electron chi connectivity index (χ0n) is 12.2. The van der Waals surface area contributed by atoms with E-state index in [1.54, 1.807) is 18.4 Å². The molecule has 1 saturated carbocycles. The number of halogens is 1. The second-order valence-electron chi connectivity index (χ2n) is 5.63. The Morgan fingerprint density at radius 3 is 2.20 bits per heavy atom. The quantitative estimate of drug-likeness (QED) is 0.775. The lowest BCUT2D eigenvalue weighted by Crippen LogP contribution is -2.50. The van der Waals surface area contributed by atoms with Gasteiger partial charge in [-0.1, -0.05) is 0 Å². The van der Waals surface area contributed by atoms with Crippen LogP contribution in [0.1, 0.15) is 26.2 Å². The maximum Gasteiger partial charge on any atom is 0.241 e. The van der Waals surface area contributed by atoms with Gasteiger partial charge in [0.1, 0.15) is 0 Å². The maximum absolute atomic E-state index is 12.7. The van der Waals surface area contributed by atoms with Gasteiger partial charge in [-0.05, 0) is 32.7 Å². The lowest BCUT2D eigenvalue weighted by Gasteiger charge is -2.30. The van der Waals surface area contributed by atoms with E-state index in [1.807, 2.05) is 0 Å². The van der Waals surface area contributed by atoms with Crippen LogP contribution in [0.4, 0.5) is 0 Å². The molecular formula is C12H24ClN3O3S. The first-order valence-corrected chi connectivity index (χ1v) is 8.30. The molecular weight excluding hydrogens is 302 g/mol. The highest BCUT2D eigenvalue weighted by Gasteiger charge is 2.46. The second-order valence-corrected chi connectivity index (χ2v) is 7.79. The second kappa shape index (κ2) is 6.60. The van der Waals surface area contributed by atoms with Crippen molar-refractivity contribution < 1.29 is 13.2 Å². The van der Waals surface area contributed by atoms with E-state index in [4.69, 9.17) is 0 Å². The molecule has 0 spiro atoms. The first-order valence-electron chi connectivity index (χ1n) is 6.80. The summed E-state index contributed by atoms with van der Waals surface area (Å²) in [5, 5.41) is 2.20. The molecule has 1 N–H and O–H groups in total. The third kappa shape index (κ3) is 3.44. The molecule has 6 nitrogen and oxygen atoms in total. The van der Waals surface area contributed by atoms with Crippen molar-refractivity contribution in [2.24, 2.45) is 0 Å². The lowest BCUT2D eigenvalue weighted by atomic mass is 10.2. The van der Waals surface area contributed by atoms with Gasteiger partial charge < -0.3 is 10.2 Å². The van der Waals surface area contributed by atoms with Gasteiger partial charge in [-0.25, -0.2) is 8.42 Å². The van der Waals surface area contributed by atoms with Crippen molar-refractivity contribution in [1.82, 2.24) is 14.5 Å². The van der Waals surface area contributed by atoms with Crippen molar-refractivity contribution >= 4 is 28.3 Å². The van der Waals surface area contributed by atoms with E-state index in [1.165, 1.54) is 11.8 Å². The van der Waals surface area contributed by atoms with Crippen LogP contribution in [-0.4, -0.2) is 68.0 Å². The van der Waals surface area contributed by atoms with Gasteiger partial charge in [0.2, 0.25) is 15.9 Å². The molecule has 2 rings (SSSR count). The first-order chi connectivity index (χ1) is 8.85. The summed E-state index contributed by atoms with van der Waals surface area (Å²) >= 11 is 0. The fourth-order valence-electron chi connectivity index (χ4n) is 2.57. The molecule has 2 fully saturated rings. The van der Waals surface area contributed by atoms with Crippen LogP contribution in [0.5, 0.6) is 0 Å². The first kappa shape index (κ1) is 17.7. The van der Waals surface area contributed by atoms with Crippen molar-refractivity contribution in [2.45, 2.75) is 43.5 Å². The zero-order valence-corrected chi connectivity index (χ0v) is 13.8. The number of hydrogen-bond acceptors (Lipinski definition) is 4. The number of nitrogens with one attached hydrogen (secondary N) is 1. The molecule has 1 saturated heterocycles. The Bertz CT molecular complexity index is 445. The average molecular weight is 326 g/mol. The van der Waals surface area contributed by atoms with Crippen LogP contribution in [0.15, 0.2) is 0 Å². The molecule has 0 radical (unpaired) electrons. The Morgan fingerprint density at radius 1 is 1.20 bits per heavy atom. The summed E-state index contributed by atoms with van der Waals surface area (Å²) in [6, 6.07) is 0.113. The van der Waals surface area contributed by atoms with Crippen molar-refractivity contribution in [1.29, 1.82) is 0 Å². The Kier molecular flexibility index (Phi) is 5.83. The van der Waals surface area contributed by atoms with Crippen molar-refractivity contribution in [3.8, 4) is 0 Å². The van der Waals surface area contributed by atoms with E-state index in [9.17, 15) is 13.2 Å². The molecule has 20 heavy (non-hydrogen) atoms. The van der Waals surface area contributed by atoms with Crippen molar-refractivity contribution in [3.05, 3.63) is 0 Å². The molecule has 1 aliphatic carbocycles. The molecule has 0 aromatic rings. The summed E-state index contributed by atoms with van der Waals surface area (Å²) in [7, 11) is -0.383. The van der Waals surface area contributed by atoms with Crippen molar-refractivity contribution in [2.75, 3.05) is 27.2 Å². The number of sulfonamides is 1. The van der Waals surface area contributed by atoms with Crippen LogP contribution >= 0.6 is 12.4 Å². The molecule has 2 atom stereocenters. The van der Waals surface area contributed by atoms with E-state index in [0.29, 0.717) is 6.54 Å². The highest BCUT2D eigenvalue weighted by Crippen LogP contribution is 2.34. The largest absolute Gasteiger partial charge is 0.348 e.